The quantitative estimate of drug-likeness (QED) is 0.830. The lowest BCUT2D eigenvalue weighted by atomic mass is 9.99. The van der Waals surface area contributed by atoms with Gasteiger partial charge in [0.15, 0.2) is 0 Å². The zero-order valence-corrected chi connectivity index (χ0v) is 13.1. The summed E-state index contributed by atoms with van der Waals surface area (Å²) in [6.07, 6.45) is 4.26. The molecule has 4 heteroatoms. The van der Waals surface area contributed by atoms with E-state index < -0.39 is 0 Å². The van der Waals surface area contributed by atoms with Crippen LogP contribution in [0.3, 0.4) is 0 Å². The fourth-order valence-electron chi connectivity index (χ4n) is 2.58. The van der Waals surface area contributed by atoms with Crippen LogP contribution in [0, 0.1) is 6.92 Å². The van der Waals surface area contributed by atoms with Crippen LogP contribution in [0.4, 0.5) is 11.4 Å². The molecule has 0 amide bonds. The number of hydrogen-bond donors (Lipinski definition) is 2. The Kier molecular flexibility index (Phi) is 3.92. The van der Waals surface area contributed by atoms with Gasteiger partial charge in [-0.3, -0.25) is 0 Å². The first-order valence-electron chi connectivity index (χ1n) is 6.95. The molecule has 0 fully saturated rings. The molecule has 0 unspecified atom stereocenters. The monoisotopic (exact) mass is 331 g/mol. The summed E-state index contributed by atoms with van der Waals surface area (Å²) in [6.45, 7) is 3.94. The molecule has 0 atom stereocenters. The number of aromatic nitrogens is 1. The second kappa shape index (κ2) is 5.83. The zero-order chi connectivity index (χ0) is 13.9. The highest BCUT2D eigenvalue weighted by Crippen LogP contribution is 2.27. The Morgan fingerprint density at radius 2 is 2.30 bits per heavy atom. The van der Waals surface area contributed by atoms with E-state index in [1.54, 1.807) is 0 Å². The third kappa shape index (κ3) is 2.80. The van der Waals surface area contributed by atoms with Crippen molar-refractivity contribution in [1.82, 2.24) is 4.98 Å². The van der Waals surface area contributed by atoms with Crippen molar-refractivity contribution in [1.29, 1.82) is 0 Å². The van der Waals surface area contributed by atoms with E-state index in [-0.39, 0.29) is 0 Å². The van der Waals surface area contributed by atoms with E-state index in [1.807, 2.05) is 13.1 Å². The number of nitrogens with zero attached hydrogens (tertiary/aromatic N) is 1. The van der Waals surface area contributed by atoms with E-state index >= 15 is 0 Å². The Balaban J connectivity index is 1.76. The molecular weight excluding hydrogens is 314 g/mol. The summed E-state index contributed by atoms with van der Waals surface area (Å²) in [5.74, 6) is 0. The molecule has 1 aromatic heterocycles. The molecule has 0 radical (unpaired) electrons. The van der Waals surface area contributed by atoms with Crippen LogP contribution in [0.25, 0.3) is 0 Å². The molecular formula is C16H18BrN3. The van der Waals surface area contributed by atoms with Gasteiger partial charge in [-0.15, -0.1) is 0 Å². The summed E-state index contributed by atoms with van der Waals surface area (Å²) in [4.78, 5) is 4.32. The first kappa shape index (κ1) is 13.4. The summed E-state index contributed by atoms with van der Waals surface area (Å²) in [5, 5.41) is 6.98. The molecule has 0 aliphatic carbocycles. The predicted molar refractivity (Wildman–Crippen MR) is 87.3 cm³/mol. The van der Waals surface area contributed by atoms with Crippen molar-refractivity contribution in [3.05, 3.63) is 51.8 Å². The molecule has 1 aliphatic rings. The molecule has 3 rings (SSSR count). The molecule has 0 bridgehead atoms. The van der Waals surface area contributed by atoms with Crippen molar-refractivity contribution in [2.24, 2.45) is 0 Å². The Morgan fingerprint density at radius 1 is 1.40 bits per heavy atom. The van der Waals surface area contributed by atoms with Crippen LogP contribution in [0.15, 0.2) is 35.1 Å². The minimum atomic E-state index is 0.818. The number of para-hydroxylation sites is 1. The maximum absolute atomic E-state index is 4.32. The van der Waals surface area contributed by atoms with E-state index in [0.717, 1.165) is 28.9 Å². The second-order valence-corrected chi connectivity index (χ2v) is 5.92. The highest BCUT2D eigenvalue weighted by atomic mass is 79.9. The van der Waals surface area contributed by atoms with Gasteiger partial charge < -0.3 is 10.6 Å². The van der Waals surface area contributed by atoms with E-state index in [0.29, 0.717) is 0 Å². The van der Waals surface area contributed by atoms with Gasteiger partial charge in [0.1, 0.15) is 4.60 Å². The van der Waals surface area contributed by atoms with Gasteiger partial charge in [-0.25, -0.2) is 4.98 Å². The molecule has 2 N–H and O–H groups in total. The number of anilines is 2. The van der Waals surface area contributed by atoms with Gasteiger partial charge >= 0.3 is 0 Å². The van der Waals surface area contributed by atoms with Crippen molar-refractivity contribution < 1.29 is 0 Å². The van der Waals surface area contributed by atoms with Gasteiger partial charge in [0.25, 0.3) is 0 Å². The van der Waals surface area contributed by atoms with Gasteiger partial charge in [0, 0.05) is 18.8 Å². The van der Waals surface area contributed by atoms with Crippen LogP contribution in [-0.2, 0) is 13.0 Å². The maximum Gasteiger partial charge on any atom is 0.109 e. The first-order valence-corrected chi connectivity index (χ1v) is 7.74. The average molecular weight is 332 g/mol. The van der Waals surface area contributed by atoms with Crippen LogP contribution < -0.4 is 10.6 Å². The summed E-state index contributed by atoms with van der Waals surface area (Å²) in [5.41, 5.74) is 6.26. The predicted octanol–water partition coefficient (Wildman–Crippen LogP) is 4.12. The number of fused-ring (bicyclic) bond motifs is 1. The SMILES string of the molecule is Cc1cc(NCc2cccc3c2NCCC3)cnc1Br. The number of aryl methyl sites for hydroxylation is 2. The van der Waals surface area contributed by atoms with Crippen molar-refractivity contribution in [3.63, 3.8) is 0 Å². The fraction of sp³-hybridized carbons (Fsp3) is 0.312. The number of halogens is 1. The van der Waals surface area contributed by atoms with Crippen molar-refractivity contribution in [3.8, 4) is 0 Å². The molecule has 104 valence electrons. The third-order valence-corrected chi connectivity index (χ3v) is 4.49. The standard InChI is InChI=1S/C16H18BrN3/c1-11-8-14(10-20-16(11)17)19-9-13-5-2-4-12-6-3-7-18-15(12)13/h2,4-5,8,10,18-19H,3,6-7,9H2,1H3. The third-order valence-electron chi connectivity index (χ3n) is 3.66. The van der Waals surface area contributed by atoms with Crippen LogP contribution in [0.2, 0.25) is 0 Å². The Bertz CT molecular complexity index is 625. The summed E-state index contributed by atoms with van der Waals surface area (Å²) < 4.78 is 0.904. The van der Waals surface area contributed by atoms with E-state index in [1.165, 1.54) is 29.7 Å². The number of benzene rings is 1. The first-order chi connectivity index (χ1) is 9.74. The van der Waals surface area contributed by atoms with Crippen LogP contribution in [0.1, 0.15) is 23.1 Å². The van der Waals surface area contributed by atoms with E-state index in [4.69, 9.17) is 0 Å². The van der Waals surface area contributed by atoms with Crippen LogP contribution >= 0.6 is 15.9 Å². The summed E-state index contributed by atoms with van der Waals surface area (Å²) in [7, 11) is 0. The van der Waals surface area contributed by atoms with Gasteiger partial charge in [-0.1, -0.05) is 18.2 Å². The lowest BCUT2D eigenvalue weighted by molar-refractivity contribution is 0.825. The minimum Gasteiger partial charge on any atom is -0.385 e. The lowest BCUT2D eigenvalue weighted by Gasteiger charge is -2.21. The van der Waals surface area contributed by atoms with Crippen molar-refractivity contribution in [2.45, 2.75) is 26.3 Å². The Labute approximate surface area is 127 Å². The molecule has 2 aromatic rings. The molecule has 0 spiro atoms. The number of nitrogens with one attached hydrogen (secondary N) is 2. The smallest absolute Gasteiger partial charge is 0.109 e. The summed E-state index contributed by atoms with van der Waals surface area (Å²) in [6, 6.07) is 8.66. The largest absolute Gasteiger partial charge is 0.385 e. The fourth-order valence-corrected chi connectivity index (χ4v) is 2.80. The van der Waals surface area contributed by atoms with Crippen molar-refractivity contribution >= 4 is 27.3 Å². The maximum atomic E-state index is 4.32. The highest BCUT2D eigenvalue weighted by molar-refractivity contribution is 9.10. The lowest BCUT2D eigenvalue weighted by Crippen LogP contribution is -2.15. The van der Waals surface area contributed by atoms with Gasteiger partial charge in [0.05, 0.1) is 11.9 Å². The van der Waals surface area contributed by atoms with Gasteiger partial charge in [-0.2, -0.15) is 0 Å². The number of rotatable bonds is 3. The molecule has 20 heavy (non-hydrogen) atoms. The van der Waals surface area contributed by atoms with E-state index in [2.05, 4.69) is 55.8 Å². The average Bonchev–Trinajstić information content (AvgIpc) is 2.48. The van der Waals surface area contributed by atoms with Gasteiger partial charge in [0.2, 0.25) is 0 Å². The number of pyridine rings is 1. The highest BCUT2D eigenvalue weighted by Gasteiger charge is 2.11. The molecule has 3 nitrogen and oxygen atoms in total. The summed E-state index contributed by atoms with van der Waals surface area (Å²) >= 11 is 3.43. The van der Waals surface area contributed by atoms with Crippen LogP contribution in [-0.4, -0.2) is 11.5 Å². The number of hydrogen-bond acceptors (Lipinski definition) is 3. The Morgan fingerprint density at radius 3 is 3.15 bits per heavy atom. The molecule has 1 aliphatic heterocycles. The minimum absolute atomic E-state index is 0.818. The zero-order valence-electron chi connectivity index (χ0n) is 11.5. The molecule has 1 aromatic carbocycles. The van der Waals surface area contributed by atoms with Crippen LogP contribution in [0.5, 0.6) is 0 Å². The van der Waals surface area contributed by atoms with Gasteiger partial charge in [-0.05, 0) is 58.5 Å². The topological polar surface area (TPSA) is 37.0 Å². The molecule has 0 saturated carbocycles. The second-order valence-electron chi connectivity index (χ2n) is 5.17. The van der Waals surface area contributed by atoms with E-state index in [9.17, 15) is 0 Å². The van der Waals surface area contributed by atoms with Crippen molar-refractivity contribution in [2.75, 3.05) is 17.2 Å². The molecule has 2 heterocycles. The normalized spacial score (nSPS) is 13.5. The Hall–Kier alpha value is -1.55. The molecule has 0 saturated heterocycles.